The molecule has 0 bridgehead atoms. The third kappa shape index (κ3) is 4.87. The normalized spacial score (nSPS) is 11.8. The summed E-state index contributed by atoms with van der Waals surface area (Å²) in [6.07, 6.45) is 0. The topological polar surface area (TPSA) is 57.7 Å². The fraction of sp³-hybridized carbons (Fsp3) is 0.389. The fourth-order valence-electron chi connectivity index (χ4n) is 2.67. The van der Waals surface area contributed by atoms with Gasteiger partial charge >= 0.3 is 0 Å². The van der Waals surface area contributed by atoms with E-state index in [1.54, 1.807) is 24.8 Å². The van der Waals surface area contributed by atoms with Crippen LogP contribution < -0.4 is 0 Å². The molecule has 2 aromatic rings. The summed E-state index contributed by atoms with van der Waals surface area (Å²) in [5, 5.41) is 0. The number of amides is 1. The molecular weight excluding hydrogens is 411 g/mol. The predicted molar refractivity (Wildman–Crippen MR) is 106 cm³/mol. The molecule has 1 aromatic carbocycles. The van der Waals surface area contributed by atoms with Gasteiger partial charge in [-0.15, -0.1) is 11.3 Å². The lowest BCUT2D eigenvalue weighted by atomic mass is 10.2. The van der Waals surface area contributed by atoms with Crippen LogP contribution in [0.3, 0.4) is 0 Å². The zero-order valence-corrected chi connectivity index (χ0v) is 17.8. The van der Waals surface area contributed by atoms with Gasteiger partial charge in [-0.3, -0.25) is 4.79 Å². The number of carbonyl (C=O) groups excluding carboxylic acids is 1. The van der Waals surface area contributed by atoms with Crippen LogP contribution in [0.4, 0.5) is 4.39 Å². The highest BCUT2D eigenvalue weighted by atomic mass is 35.5. The van der Waals surface area contributed by atoms with Crippen molar-refractivity contribution in [1.29, 1.82) is 0 Å². The van der Waals surface area contributed by atoms with Gasteiger partial charge in [0.05, 0.1) is 10.9 Å². The molecule has 0 aliphatic heterocycles. The first-order valence-electron chi connectivity index (χ1n) is 8.57. The number of hydrogen-bond acceptors (Lipinski definition) is 4. The second-order valence-corrected chi connectivity index (χ2v) is 9.47. The molecule has 0 spiro atoms. The molecule has 1 amide bonds. The van der Waals surface area contributed by atoms with Gasteiger partial charge in [-0.2, -0.15) is 4.31 Å². The number of hydrogen-bond donors (Lipinski definition) is 0. The first-order chi connectivity index (χ1) is 12.7. The molecule has 9 heteroatoms. The predicted octanol–water partition coefficient (Wildman–Crippen LogP) is 4.23. The van der Waals surface area contributed by atoms with Crippen molar-refractivity contribution in [2.45, 2.75) is 32.2 Å². The van der Waals surface area contributed by atoms with E-state index in [4.69, 9.17) is 11.6 Å². The summed E-state index contributed by atoms with van der Waals surface area (Å²) >= 11 is 7.30. The Morgan fingerprint density at radius 2 is 1.78 bits per heavy atom. The largest absolute Gasteiger partial charge is 0.334 e. The van der Waals surface area contributed by atoms with Gasteiger partial charge in [0, 0.05) is 30.1 Å². The van der Waals surface area contributed by atoms with Crippen molar-refractivity contribution >= 4 is 38.9 Å². The van der Waals surface area contributed by atoms with E-state index in [1.807, 2.05) is 13.0 Å². The summed E-state index contributed by atoms with van der Waals surface area (Å²) in [4.78, 5) is 14.8. The standard InChI is InChI=1S/C18H22ClFN2O3S2/c1-4-21(12-14-8-10-17(19)26-14)18(23)13-7-9-15(20)16(11-13)27(24,25)22(5-2)6-3/h7-11H,4-6,12H2,1-3H3. The minimum atomic E-state index is -4.00. The number of carbonyl (C=O) groups is 1. The Hall–Kier alpha value is -1.48. The van der Waals surface area contributed by atoms with Crippen LogP contribution in [0.5, 0.6) is 0 Å². The van der Waals surface area contributed by atoms with Crippen LogP contribution in [0.2, 0.25) is 4.34 Å². The van der Waals surface area contributed by atoms with Crippen molar-refractivity contribution < 1.29 is 17.6 Å². The van der Waals surface area contributed by atoms with E-state index >= 15 is 0 Å². The van der Waals surface area contributed by atoms with Gasteiger partial charge in [-0.25, -0.2) is 12.8 Å². The Balaban J connectivity index is 2.36. The average molecular weight is 433 g/mol. The maximum Gasteiger partial charge on any atom is 0.254 e. The molecule has 2 rings (SSSR count). The number of nitrogens with zero attached hydrogens (tertiary/aromatic N) is 2. The molecule has 0 N–H and O–H groups in total. The summed E-state index contributed by atoms with van der Waals surface area (Å²) in [5.74, 6) is -1.23. The highest BCUT2D eigenvalue weighted by molar-refractivity contribution is 7.89. The minimum Gasteiger partial charge on any atom is -0.334 e. The molecule has 0 saturated carbocycles. The van der Waals surface area contributed by atoms with Gasteiger partial charge in [0.1, 0.15) is 10.7 Å². The van der Waals surface area contributed by atoms with Crippen molar-refractivity contribution in [3.05, 3.63) is 50.9 Å². The molecule has 0 fully saturated rings. The summed E-state index contributed by atoms with van der Waals surface area (Å²) in [7, 11) is -4.00. The van der Waals surface area contributed by atoms with E-state index in [1.165, 1.54) is 17.4 Å². The quantitative estimate of drug-likeness (QED) is 0.627. The molecule has 0 radical (unpaired) electrons. The first kappa shape index (κ1) is 21.8. The van der Waals surface area contributed by atoms with Crippen LogP contribution >= 0.6 is 22.9 Å². The molecule has 1 heterocycles. The molecule has 1 aromatic heterocycles. The van der Waals surface area contributed by atoms with Gasteiger partial charge in [0.15, 0.2) is 0 Å². The van der Waals surface area contributed by atoms with Crippen LogP contribution in [0, 0.1) is 5.82 Å². The average Bonchev–Trinajstić information content (AvgIpc) is 3.05. The first-order valence-corrected chi connectivity index (χ1v) is 11.2. The van der Waals surface area contributed by atoms with Crippen molar-refractivity contribution in [3.63, 3.8) is 0 Å². The van der Waals surface area contributed by atoms with Crippen LogP contribution in [-0.4, -0.2) is 43.2 Å². The Kier molecular flexibility index (Phi) is 7.39. The fourth-order valence-corrected chi connectivity index (χ4v) is 5.32. The van der Waals surface area contributed by atoms with Crippen LogP contribution in [0.1, 0.15) is 36.0 Å². The summed E-state index contributed by atoms with van der Waals surface area (Å²) in [5.41, 5.74) is 0.131. The molecule has 0 atom stereocenters. The van der Waals surface area contributed by atoms with Crippen molar-refractivity contribution in [3.8, 4) is 0 Å². The summed E-state index contributed by atoms with van der Waals surface area (Å²) < 4.78 is 41.4. The lowest BCUT2D eigenvalue weighted by Gasteiger charge is -2.22. The number of benzene rings is 1. The summed E-state index contributed by atoms with van der Waals surface area (Å²) in [6, 6.07) is 7.05. The van der Waals surface area contributed by atoms with E-state index in [2.05, 4.69) is 0 Å². The van der Waals surface area contributed by atoms with Gasteiger partial charge in [0.25, 0.3) is 5.91 Å². The molecule has 27 heavy (non-hydrogen) atoms. The molecule has 0 unspecified atom stereocenters. The van der Waals surface area contributed by atoms with Crippen molar-refractivity contribution in [2.75, 3.05) is 19.6 Å². The number of halogens is 2. The van der Waals surface area contributed by atoms with Crippen molar-refractivity contribution in [1.82, 2.24) is 9.21 Å². The van der Waals surface area contributed by atoms with Crippen LogP contribution in [0.25, 0.3) is 0 Å². The molecule has 0 saturated heterocycles. The Morgan fingerprint density at radius 3 is 2.30 bits per heavy atom. The Labute approximate surface area is 168 Å². The number of sulfonamides is 1. The van der Waals surface area contributed by atoms with Gasteiger partial charge < -0.3 is 4.90 Å². The van der Waals surface area contributed by atoms with E-state index in [9.17, 15) is 17.6 Å². The molecule has 0 aliphatic carbocycles. The molecule has 148 valence electrons. The highest BCUT2D eigenvalue weighted by Crippen LogP contribution is 2.25. The molecule has 5 nitrogen and oxygen atoms in total. The molecule has 0 aliphatic rings. The SMILES string of the molecule is CCN(Cc1ccc(Cl)s1)C(=O)c1ccc(F)c(S(=O)(=O)N(CC)CC)c1. The van der Waals surface area contributed by atoms with E-state index in [-0.39, 0.29) is 24.6 Å². The summed E-state index contributed by atoms with van der Waals surface area (Å²) in [6.45, 7) is 6.39. The monoisotopic (exact) mass is 432 g/mol. The van der Waals surface area contributed by atoms with E-state index in [0.29, 0.717) is 17.4 Å². The Bertz CT molecular complexity index is 911. The van der Waals surface area contributed by atoms with Gasteiger partial charge in [0.2, 0.25) is 10.0 Å². The third-order valence-electron chi connectivity index (χ3n) is 4.15. The zero-order valence-electron chi connectivity index (χ0n) is 15.4. The van der Waals surface area contributed by atoms with Gasteiger partial charge in [-0.05, 0) is 37.3 Å². The van der Waals surface area contributed by atoms with E-state index in [0.717, 1.165) is 21.3 Å². The number of rotatable bonds is 8. The zero-order chi connectivity index (χ0) is 20.2. The Morgan fingerprint density at radius 1 is 1.11 bits per heavy atom. The van der Waals surface area contributed by atoms with Crippen molar-refractivity contribution in [2.24, 2.45) is 0 Å². The van der Waals surface area contributed by atoms with Crippen LogP contribution in [-0.2, 0) is 16.6 Å². The highest BCUT2D eigenvalue weighted by Gasteiger charge is 2.27. The smallest absolute Gasteiger partial charge is 0.254 e. The van der Waals surface area contributed by atoms with E-state index < -0.39 is 20.7 Å². The third-order valence-corrected chi connectivity index (χ3v) is 7.43. The lowest BCUT2D eigenvalue weighted by molar-refractivity contribution is 0.0754. The second kappa shape index (κ2) is 9.14. The maximum absolute atomic E-state index is 14.3. The number of thiophene rings is 1. The minimum absolute atomic E-state index is 0.131. The molecular formula is C18H22ClFN2O3S2. The maximum atomic E-state index is 14.3. The van der Waals surface area contributed by atoms with Crippen LogP contribution in [0.15, 0.2) is 35.2 Å². The lowest BCUT2D eigenvalue weighted by Crippen LogP contribution is -2.32. The van der Waals surface area contributed by atoms with Gasteiger partial charge in [-0.1, -0.05) is 25.4 Å². The second-order valence-electron chi connectivity index (χ2n) is 5.76.